The highest BCUT2D eigenvalue weighted by atomic mass is 32.2. The van der Waals surface area contributed by atoms with Crippen LogP contribution in [0.4, 0.5) is 22.8 Å². The van der Waals surface area contributed by atoms with Crippen LogP contribution in [-0.2, 0) is 42.2 Å². The van der Waals surface area contributed by atoms with E-state index >= 15 is 0 Å². The van der Waals surface area contributed by atoms with Crippen LogP contribution in [0, 0.1) is 5.92 Å². The van der Waals surface area contributed by atoms with Crippen molar-refractivity contribution in [3.63, 3.8) is 0 Å². The number of carbonyl (C=O) groups excluding carboxylic acids is 5. The third-order valence-electron chi connectivity index (χ3n) is 10.4. The van der Waals surface area contributed by atoms with E-state index < -0.39 is 99.4 Å². The number of fused-ring (bicyclic) bond motifs is 3. The number of ether oxygens (including phenoxy) is 1. The second-order valence-corrected chi connectivity index (χ2v) is 17.0. The Morgan fingerprint density at radius 1 is 1.15 bits per heavy atom. The molecular weight excluding hydrogens is 721 g/mol. The molecule has 0 aromatic heterocycles. The van der Waals surface area contributed by atoms with Crippen LogP contribution < -0.4 is 20.7 Å². The van der Waals surface area contributed by atoms with E-state index in [2.05, 4.69) is 22.5 Å². The monoisotopic (exact) mass is 764 g/mol. The smallest absolute Gasteiger partial charge is 0.410 e. The highest BCUT2D eigenvalue weighted by Crippen LogP contribution is 2.45. The normalized spacial score (nSPS) is 28.8. The number of benzene rings is 1. The maximum Gasteiger partial charge on any atom is 0.410 e. The number of sulfonamides is 1. The first-order chi connectivity index (χ1) is 24.8. The van der Waals surface area contributed by atoms with E-state index in [1.165, 1.54) is 11.0 Å². The van der Waals surface area contributed by atoms with E-state index in [0.29, 0.717) is 25.7 Å². The number of urea groups is 1. The average molecular weight is 765 g/mol. The lowest BCUT2D eigenvalue weighted by molar-refractivity contribution is -0.155. The first-order valence-electron chi connectivity index (χ1n) is 17.5. The topological polar surface area (TPSA) is 183 Å². The van der Waals surface area contributed by atoms with Crippen LogP contribution in [0.2, 0.25) is 0 Å². The van der Waals surface area contributed by atoms with E-state index in [1.54, 1.807) is 13.8 Å². The fraction of sp³-hybridized carbons (Fsp3) is 0.571. The summed E-state index contributed by atoms with van der Waals surface area (Å²) in [6, 6.07) is 0.865. The molecule has 4 N–H and O–H groups in total. The Balaban J connectivity index is 1.30. The van der Waals surface area contributed by atoms with E-state index in [0.717, 1.165) is 21.6 Å². The van der Waals surface area contributed by atoms with Crippen LogP contribution in [0.15, 0.2) is 36.9 Å². The van der Waals surface area contributed by atoms with Crippen molar-refractivity contribution in [2.45, 2.75) is 113 Å². The summed E-state index contributed by atoms with van der Waals surface area (Å²) >= 11 is 0. The SMILES string of the molecule is C=C[C@@H]1C[C@]1(NC(=O)[C@@H]1C[C@@H]2CN1C(=O)[C@H](CC(F)(F)F)NC(=O)NC(C)(C)CCC=Cc1cccc3c1CN(C3)C(=O)O2)C(=O)NS(=O)(=O)C1CC1. The van der Waals surface area contributed by atoms with Crippen molar-refractivity contribution < 1.29 is 50.3 Å². The Bertz CT molecular complexity index is 1850. The number of alkyl halides is 3. The molecule has 2 saturated carbocycles. The molecule has 1 saturated heterocycles. The average Bonchev–Trinajstić information content (AvgIpc) is 3.95. The number of carbonyl (C=O) groups is 5. The summed E-state index contributed by atoms with van der Waals surface area (Å²) in [6.45, 7) is 6.96. The molecule has 3 fully saturated rings. The molecule has 3 heterocycles. The molecule has 0 spiro atoms. The Labute approximate surface area is 305 Å². The largest absolute Gasteiger partial charge is 0.444 e. The summed E-state index contributed by atoms with van der Waals surface area (Å²) in [6.07, 6.45) is -2.21. The van der Waals surface area contributed by atoms with Crippen molar-refractivity contribution in [3.8, 4) is 0 Å². The molecule has 3 aliphatic heterocycles. The minimum Gasteiger partial charge on any atom is -0.444 e. The molecule has 53 heavy (non-hydrogen) atoms. The third-order valence-corrected chi connectivity index (χ3v) is 12.2. The first-order valence-corrected chi connectivity index (χ1v) is 19.0. The molecular formula is C35H43F3N6O8S. The summed E-state index contributed by atoms with van der Waals surface area (Å²) in [4.78, 5) is 70.2. The minimum absolute atomic E-state index is 0.0196. The van der Waals surface area contributed by atoms with Gasteiger partial charge in [-0.2, -0.15) is 13.2 Å². The summed E-state index contributed by atoms with van der Waals surface area (Å²) in [5.74, 6) is -3.94. The van der Waals surface area contributed by atoms with Crippen molar-refractivity contribution >= 4 is 45.9 Å². The number of rotatable bonds is 7. The van der Waals surface area contributed by atoms with E-state index in [1.807, 2.05) is 35.1 Å². The van der Waals surface area contributed by atoms with Gasteiger partial charge in [0.15, 0.2) is 0 Å². The molecule has 0 unspecified atom stereocenters. The molecule has 2 aliphatic carbocycles. The molecule has 18 heteroatoms. The van der Waals surface area contributed by atoms with Gasteiger partial charge in [0.2, 0.25) is 21.8 Å². The van der Waals surface area contributed by atoms with Crippen LogP contribution in [0.5, 0.6) is 0 Å². The van der Waals surface area contributed by atoms with Crippen molar-refractivity contribution in [1.29, 1.82) is 0 Å². The third kappa shape index (κ3) is 8.47. The van der Waals surface area contributed by atoms with Gasteiger partial charge in [-0.1, -0.05) is 36.4 Å². The van der Waals surface area contributed by atoms with Gasteiger partial charge in [0, 0.05) is 24.4 Å². The van der Waals surface area contributed by atoms with Crippen molar-refractivity contribution in [3.05, 3.63) is 53.6 Å². The summed E-state index contributed by atoms with van der Waals surface area (Å²) in [5, 5.41) is 6.58. The van der Waals surface area contributed by atoms with Crippen molar-refractivity contribution in [1.82, 2.24) is 30.5 Å². The zero-order chi connectivity index (χ0) is 38.5. The summed E-state index contributed by atoms with van der Waals surface area (Å²) < 4.78 is 74.7. The Kier molecular flexibility index (Phi) is 10.1. The first kappa shape index (κ1) is 38.1. The Hall–Kier alpha value is -4.61. The fourth-order valence-corrected chi connectivity index (χ4v) is 8.56. The predicted molar refractivity (Wildman–Crippen MR) is 184 cm³/mol. The quantitative estimate of drug-likeness (QED) is 0.306. The molecule has 5 atom stereocenters. The second-order valence-electron chi connectivity index (χ2n) is 15.1. The van der Waals surface area contributed by atoms with Crippen LogP contribution >= 0.6 is 0 Å². The van der Waals surface area contributed by atoms with Crippen LogP contribution in [0.1, 0.15) is 75.5 Å². The van der Waals surface area contributed by atoms with Gasteiger partial charge in [-0.05, 0) is 62.6 Å². The standard InChI is InChI=1S/C35H43F3N6O8S/c1-4-22-15-34(22,30(47)42-53(50,51)24-11-12-24)40-28(45)27-14-23-18-44(27)29(46)26(16-35(36,37)38)39-31(48)41-33(2,3)13-6-5-8-20-9-7-10-21-17-43(19-25(20)21)32(49)52-23/h4-5,7-10,22-24,26-27H,1,6,11-19H2,2-3H3,(H,40,45)(H,42,47)(H2,39,41,48)/t22-,23-,26+,27+,34-/m1/s1. The van der Waals surface area contributed by atoms with Gasteiger partial charge < -0.3 is 25.6 Å². The number of hydrogen-bond donors (Lipinski definition) is 4. The molecule has 6 rings (SSSR count). The number of amides is 6. The van der Waals surface area contributed by atoms with E-state index in [9.17, 15) is 45.6 Å². The van der Waals surface area contributed by atoms with Crippen LogP contribution in [0.3, 0.4) is 0 Å². The van der Waals surface area contributed by atoms with E-state index in [4.69, 9.17) is 4.74 Å². The molecule has 5 aliphatic rings. The number of nitrogens with one attached hydrogen (secondary N) is 4. The number of allylic oxidation sites excluding steroid dienone is 1. The zero-order valence-corrected chi connectivity index (χ0v) is 30.1. The van der Waals surface area contributed by atoms with Crippen molar-refractivity contribution in [2.24, 2.45) is 5.92 Å². The molecule has 1 aromatic carbocycles. The fourth-order valence-electron chi connectivity index (χ4n) is 7.19. The van der Waals surface area contributed by atoms with Gasteiger partial charge >= 0.3 is 18.3 Å². The minimum atomic E-state index is -4.92. The zero-order valence-electron chi connectivity index (χ0n) is 29.3. The lowest BCUT2D eigenvalue weighted by atomic mass is 9.97. The molecule has 6 amide bonds. The van der Waals surface area contributed by atoms with Gasteiger partial charge in [-0.15, -0.1) is 6.58 Å². The van der Waals surface area contributed by atoms with Gasteiger partial charge in [0.1, 0.15) is 23.7 Å². The van der Waals surface area contributed by atoms with Gasteiger partial charge in [0.05, 0.1) is 24.8 Å². The second kappa shape index (κ2) is 14.0. The molecule has 288 valence electrons. The van der Waals surface area contributed by atoms with Crippen molar-refractivity contribution in [2.75, 3.05) is 6.54 Å². The number of nitrogens with zero attached hydrogens (tertiary/aromatic N) is 2. The summed E-state index contributed by atoms with van der Waals surface area (Å²) in [7, 11) is -4.01. The lowest BCUT2D eigenvalue weighted by Crippen LogP contribution is -2.60. The maximum absolute atomic E-state index is 14.0. The Morgan fingerprint density at radius 2 is 1.89 bits per heavy atom. The highest BCUT2D eigenvalue weighted by Gasteiger charge is 2.62. The Morgan fingerprint density at radius 3 is 2.55 bits per heavy atom. The molecule has 14 nitrogen and oxygen atoms in total. The lowest BCUT2D eigenvalue weighted by Gasteiger charge is -2.31. The number of hydrogen-bond acceptors (Lipinski definition) is 8. The van der Waals surface area contributed by atoms with Gasteiger partial charge in [-0.3, -0.25) is 24.0 Å². The molecule has 1 aromatic rings. The predicted octanol–water partition coefficient (Wildman–Crippen LogP) is 2.98. The van der Waals surface area contributed by atoms with Gasteiger partial charge in [0.25, 0.3) is 5.91 Å². The van der Waals surface area contributed by atoms with Crippen LogP contribution in [-0.4, -0.2) is 95.3 Å². The number of halogens is 3. The van der Waals surface area contributed by atoms with E-state index in [-0.39, 0.29) is 25.9 Å². The maximum atomic E-state index is 14.0. The highest BCUT2D eigenvalue weighted by molar-refractivity contribution is 7.91. The van der Waals surface area contributed by atoms with Gasteiger partial charge in [-0.25, -0.2) is 18.0 Å². The summed E-state index contributed by atoms with van der Waals surface area (Å²) in [5.41, 5.74) is 0.0101. The molecule has 0 radical (unpaired) electrons. The van der Waals surface area contributed by atoms with Crippen LogP contribution in [0.25, 0.3) is 6.08 Å². The molecule has 4 bridgehead atoms.